The summed E-state index contributed by atoms with van der Waals surface area (Å²) in [6.45, 7) is 8.96. The van der Waals surface area contributed by atoms with Crippen molar-refractivity contribution < 1.29 is 13.9 Å². The monoisotopic (exact) mass is 356 g/mol. The molecule has 0 unspecified atom stereocenters. The maximum atomic E-state index is 12.7. The molecule has 0 radical (unpaired) electrons. The Labute approximate surface area is 155 Å². The Morgan fingerprint density at radius 2 is 1.81 bits per heavy atom. The minimum absolute atomic E-state index is 0.0257. The Kier molecular flexibility index (Phi) is 5.10. The molecule has 2 heterocycles. The van der Waals surface area contributed by atoms with Gasteiger partial charge in [0.2, 0.25) is 0 Å². The lowest BCUT2D eigenvalue weighted by molar-refractivity contribution is 0.0842. The molecule has 1 aliphatic heterocycles. The van der Waals surface area contributed by atoms with Crippen molar-refractivity contribution in [3.05, 3.63) is 54.0 Å². The van der Waals surface area contributed by atoms with E-state index in [2.05, 4.69) is 38.3 Å². The molecule has 1 aliphatic rings. The molecule has 1 amide bonds. The van der Waals surface area contributed by atoms with E-state index in [1.807, 2.05) is 30.3 Å². The molecule has 0 saturated carbocycles. The molecule has 0 atom stereocenters. The van der Waals surface area contributed by atoms with Crippen LogP contribution in [-0.4, -0.2) is 23.0 Å². The summed E-state index contributed by atoms with van der Waals surface area (Å²) < 4.78 is 11.2. The van der Waals surface area contributed by atoms with Crippen LogP contribution in [0.5, 0.6) is 5.75 Å². The fraction of sp³-hybridized carbons (Fsp3) is 0.476. The number of benzene rings is 1. The fourth-order valence-electron chi connectivity index (χ4n) is 4.00. The van der Waals surface area contributed by atoms with Crippen LogP contribution in [0.25, 0.3) is 0 Å². The van der Waals surface area contributed by atoms with Gasteiger partial charge >= 0.3 is 0 Å². The molecule has 0 bridgehead atoms. The number of hydrogen-bond donors (Lipinski definition) is 2. The summed E-state index contributed by atoms with van der Waals surface area (Å²) in [6.07, 6.45) is 3.28. The molecule has 140 valence electrons. The molecule has 0 aliphatic carbocycles. The van der Waals surface area contributed by atoms with Crippen LogP contribution in [0.15, 0.2) is 47.1 Å². The summed E-state index contributed by atoms with van der Waals surface area (Å²) in [6, 6.07) is 11.4. The molecule has 2 aromatic rings. The highest BCUT2D eigenvalue weighted by Crippen LogP contribution is 2.29. The van der Waals surface area contributed by atoms with Crippen molar-refractivity contribution in [3.8, 4) is 5.75 Å². The first-order chi connectivity index (χ1) is 12.2. The molecule has 3 rings (SSSR count). The van der Waals surface area contributed by atoms with Crippen molar-refractivity contribution in [2.24, 2.45) is 0 Å². The molecule has 1 fully saturated rings. The van der Waals surface area contributed by atoms with Crippen molar-refractivity contribution in [3.63, 3.8) is 0 Å². The minimum Gasteiger partial charge on any atom is -0.489 e. The summed E-state index contributed by atoms with van der Waals surface area (Å²) in [7, 11) is 0. The topological polar surface area (TPSA) is 63.5 Å². The van der Waals surface area contributed by atoms with Crippen molar-refractivity contribution in [2.75, 3.05) is 0 Å². The van der Waals surface area contributed by atoms with Crippen LogP contribution in [-0.2, 0) is 6.61 Å². The van der Waals surface area contributed by atoms with E-state index in [1.165, 1.54) is 6.26 Å². The summed E-state index contributed by atoms with van der Waals surface area (Å²) in [5, 5.41) is 6.77. The Morgan fingerprint density at radius 1 is 1.15 bits per heavy atom. The van der Waals surface area contributed by atoms with Crippen molar-refractivity contribution >= 4 is 5.91 Å². The average Bonchev–Trinajstić information content (AvgIpc) is 2.99. The van der Waals surface area contributed by atoms with E-state index in [0.29, 0.717) is 12.4 Å². The zero-order valence-corrected chi connectivity index (χ0v) is 16.0. The SMILES string of the molecule is CC1(C)CC(NC(=O)c2occc2COc2ccccc2)CC(C)(C)N1. The molecule has 5 heteroatoms. The lowest BCUT2D eigenvalue weighted by atomic mass is 9.79. The maximum Gasteiger partial charge on any atom is 0.287 e. The minimum atomic E-state index is -0.180. The first kappa shape index (κ1) is 18.5. The second-order valence-electron chi connectivity index (χ2n) is 8.35. The number of piperidine rings is 1. The van der Waals surface area contributed by atoms with Crippen molar-refractivity contribution in [1.82, 2.24) is 10.6 Å². The van der Waals surface area contributed by atoms with E-state index < -0.39 is 0 Å². The predicted octanol–water partition coefficient (Wildman–Crippen LogP) is 3.90. The summed E-state index contributed by atoms with van der Waals surface area (Å²) in [5.41, 5.74) is 0.698. The zero-order chi connectivity index (χ0) is 18.8. The fourth-order valence-corrected chi connectivity index (χ4v) is 4.00. The Balaban J connectivity index is 1.64. The van der Waals surface area contributed by atoms with Gasteiger partial charge in [0.15, 0.2) is 5.76 Å². The van der Waals surface area contributed by atoms with Crippen LogP contribution >= 0.6 is 0 Å². The lowest BCUT2D eigenvalue weighted by Gasteiger charge is -2.46. The van der Waals surface area contributed by atoms with E-state index in [0.717, 1.165) is 24.2 Å². The van der Waals surface area contributed by atoms with Gasteiger partial charge in [-0.25, -0.2) is 0 Å². The standard InChI is InChI=1S/C21H28N2O3/c1-20(2)12-16(13-21(3,4)23-20)22-19(24)18-15(10-11-25-18)14-26-17-8-6-5-7-9-17/h5-11,16,23H,12-14H2,1-4H3,(H,22,24). The van der Waals surface area contributed by atoms with Gasteiger partial charge in [-0.1, -0.05) is 18.2 Å². The van der Waals surface area contributed by atoms with E-state index >= 15 is 0 Å². The molecule has 2 N–H and O–H groups in total. The highest BCUT2D eigenvalue weighted by Gasteiger charge is 2.38. The maximum absolute atomic E-state index is 12.7. The van der Waals surface area contributed by atoms with Gasteiger partial charge in [0.25, 0.3) is 5.91 Å². The van der Waals surface area contributed by atoms with Crippen LogP contribution in [0, 0.1) is 0 Å². The molecule has 0 spiro atoms. The molecular weight excluding hydrogens is 328 g/mol. The van der Waals surface area contributed by atoms with Gasteiger partial charge in [-0.15, -0.1) is 0 Å². The Hall–Kier alpha value is -2.27. The third kappa shape index (κ3) is 4.67. The van der Waals surface area contributed by atoms with Gasteiger partial charge in [0.05, 0.1) is 6.26 Å². The number of carbonyl (C=O) groups is 1. The molecular formula is C21H28N2O3. The molecule has 26 heavy (non-hydrogen) atoms. The van der Waals surface area contributed by atoms with Crippen LogP contribution in [0.1, 0.15) is 56.7 Å². The van der Waals surface area contributed by atoms with Crippen LogP contribution in [0.2, 0.25) is 0 Å². The van der Waals surface area contributed by atoms with Gasteiger partial charge in [0.1, 0.15) is 12.4 Å². The number of carbonyl (C=O) groups excluding carboxylic acids is 1. The largest absolute Gasteiger partial charge is 0.489 e. The number of hydrogen-bond acceptors (Lipinski definition) is 4. The predicted molar refractivity (Wildman–Crippen MR) is 101 cm³/mol. The van der Waals surface area contributed by atoms with Gasteiger partial charge < -0.3 is 19.8 Å². The molecule has 5 nitrogen and oxygen atoms in total. The second kappa shape index (κ2) is 7.16. The molecule has 1 aromatic heterocycles. The Bertz CT molecular complexity index is 734. The van der Waals surface area contributed by atoms with Gasteiger partial charge in [-0.2, -0.15) is 0 Å². The lowest BCUT2D eigenvalue weighted by Crippen LogP contribution is -2.62. The number of furan rings is 1. The van der Waals surface area contributed by atoms with Gasteiger partial charge in [0, 0.05) is 22.7 Å². The second-order valence-corrected chi connectivity index (χ2v) is 8.35. The van der Waals surface area contributed by atoms with E-state index in [1.54, 1.807) is 6.07 Å². The highest BCUT2D eigenvalue weighted by molar-refractivity contribution is 5.93. The smallest absolute Gasteiger partial charge is 0.287 e. The number of ether oxygens (including phenoxy) is 1. The average molecular weight is 356 g/mol. The highest BCUT2D eigenvalue weighted by atomic mass is 16.5. The third-order valence-electron chi connectivity index (χ3n) is 4.62. The van der Waals surface area contributed by atoms with E-state index in [9.17, 15) is 4.79 Å². The number of para-hydroxylation sites is 1. The van der Waals surface area contributed by atoms with Gasteiger partial charge in [-0.3, -0.25) is 4.79 Å². The van der Waals surface area contributed by atoms with Crippen LogP contribution in [0.3, 0.4) is 0 Å². The quantitative estimate of drug-likeness (QED) is 0.853. The van der Waals surface area contributed by atoms with Crippen LogP contribution in [0.4, 0.5) is 0 Å². The van der Waals surface area contributed by atoms with Crippen LogP contribution < -0.4 is 15.4 Å². The molecule has 1 aromatic carbocycles. The molecule has 1 saturated heterocycles. The van der Waals surface area contributed by atoms with E-state index in [-0.39, 0.29) is 23.0 Å². The summed E-state index contributed by atoms with van der Waals surface area (Å²) >= 11 is 0. The van der Waals surface area contributed by atoms with Crippen molar-refractivity contribution in [1.29, 1.82) is 0 Å². The van der Waals surface area contributed by atoms with E-state index in [4.69, 9.17) is 9.15 Å². The Morgan fingerprint density at radius 3 is 2.46 bits per heavy atom. The normalized spacial score (nSPS) is 19.1. The zero-order valence-electron chi connectivity index (χ0n) is 16.0. The summed E-state index contributed by atoms with van der Waals surface area (Å²) in [5.74, 6) is 0.914. The number of rotatable bonds is 5. The summed E-state index contributed by atoms with van der Waals surface area (Å²) in [4.78, 5) is 12.7. The third-order valence-corrected chi connectivity index (χ3v) is 4.62. The number of nitrogens with one attached hydrogen (secondary N) is 2. The van der Waals surface area contributed by atoms with Gasteiger partial charge in [-0.05, 0) is 58.7 Å². The number of amides is 1. The first-order valence-electron chi connectivity index (χ1n) is 9.09. The first-order valence-corrected chi connectivity index (χ1v) is 9.09. The van der Waals surface area contributed by atoms with Crippen molar-refractivity contribution in [2.45, 2.75) is 64.3 Å².